The molecule has 1 fully saturated rings. The van der Waals surface area contributed by atoms with Gasteiger partial charge in [0.2, 0.25) is 0 Å². The fourth-order valence-corrected chi connectivity index (χ4v) is 2.29. The number of para-hydroxylation sites is 1. The molecule has 0 aliphatic carbocycles. The van der Waals surface area contributed by atoms with E-state index in [4.69, 9.17) is 9.84 Å². The van der Waals surface area contributed by atoms with Gasteiger partial charge in [-0.2, -0.15) is 0 Å². The average Bonchev–Trinajstić information content (AvgIpc) is 2.29. The molecular weight excluding hydrogens is 274 g/mol. The van der Waals surface area contributed by atoms with Crippen LogP contribution in [0.2, 0.25) is 0 Å². The summed E-state index contributed by atoms with van der Waals surface area (Å²) in [5.41, 5.74) is 0.901. The van der Waals surface area contributed by atoms with Crippen molar-refractivity contribution in [3.8, 4) is 0 Å². The van der Waals surface area contributed by atoms with Gasteiger partial charge in [0, 0.05) is 11.0 Å². The number of nitrogens with zero attached hydrogens (tertiary/aromatic N) is 1. The third-order valence-electron chi connectivity index (χ3n) is 2.58. The Kier molecular flexibility index (Phi) is 3.46. The van der Waals surface area contributed by atoms with Crippen molar-refractivity contribution in [2.45, 2.75) is 6.04 Å². The fraction of sp³-hybridized carbons (Fsp3) is 0.364. The Morgan fingerprint density at radius 2 is 2.25 bits per heavy atom. The number of carbonyl (C=O) groups is 1. The van der Waals surface area contributed by atoms with Crippen LogP contribution in [0, 0.1) is 0 Å². The second kappa shape index (κ2) is 4.84. The molecule has 1 atom stereocenters. The van der Waals surface area contributed by atoms with Crippen molar-refractivity contribution in [1.82, 2.24) is 0 Å². The normalized spacial score (nSPS) is 20.8. The van der Waals surface area contributed by atoms with Crippen molar-refractivity contribution in [2.24, 2.45) is 0 Å². The van der Waals surface area contributed by atoms with Gasteiger partial charge < -0.3 is 14.7 Å². The van der Waals surface area contributed by atoms with Crippen molar-refractivity contribution < 1.29 is 14.6 Å². The predicted octanol–water partition coefficient (Wildman–Crippen LogP) is 1.74. The first-order chi connectivity index (χ1) is 7.70. The maximum atomic E-state index is 11.1. The number of morpholine rings is 1. The molecule has 0 aromatic heterocycles. The van der Waals surface area contributed by atoms with E-state index in [2.05, 4.69) is 15.9 Å². The molecule has 1 aliphatic heterocycles. The minimum Gasteiger partial charge on any atom is -0.480 e. The van der Waals surface area contributed by atoms with Crippen molar-refractivity contribution in [3.05, 3.63) is 28.7 Å². The maximum absolute atomic E-state index is 11.1. The van der Waals surface area contributed by atoms with E-state index in [1.165, 1.54) is 0 Å². The average molecular weight is 286 g/mol. The number of carboxylic acids is 1. The highest BCUT2D eigenvalue weighted by atomic mass is 79.9. The molecule has 0 amide bonds. The molecule has 1 heterocycles. The predicted molar refractivity (Wildman–Crippen MR) is 63.7 cm³/mol. The van der Waals surface area contributed by atoms with E-state index < -0.39 is 12.0 Å². The van der Waals surface area contributed by atoms with Crippen LogP contribution in [0.15, 0.2) is 28.7 Å². The number of ether oxygens (including phenoxy) is 1. The second-order valence-electron chi connectivity index (χ2n) is 3.57. The lowest BCUT2D eigenvalue weighted by molar-refractivity contribution is -0.141. The van der Waals surface area contributed by atoms with Gasteiger partial charge in [0.1, 0.15) is 0 Å². The molecule has 0 saturated carbocycles. The highest BCUT2D eigenvalue weighted by Gasteiger charge is 2.30. The van der Waals surface area contributed by atoms with Crippen molar-refractivity contribution in [1.29, 1.82) is 0 Å². The Bertz CT molecular complexity index is 397. The van der Waals surface area contributed by atoms with Gasteiger partial charge in [-0.25, -0.2) is 4.79 Å². The molecule has 1 unspecified atom stereocenters. The van der Waals surface area contributed by atoms with E-state index in [1.807, 2.05) is 29.2 Å². The zero-order valence-electron chi connectivity index (χ0n) is 8.60. The summed E-state index contributed by atoms with van der Waals surface area (Å²) in [6.07, 6.45) is 0. The van der Waals surface area contributed by atoms with Crippen LogP contribution in [-0.2, 0) is 9.53 Å². The molecule has 4 nitrogen and oxygen atoms in total. The molecule has 1 N–H and O–H groups in total. The van der Waals surface area contributed by atoms with Gasteiger partial charge in [-0.15, -0.1) is 0 Å². The summed E-state index contributed by atoms with van der Waals surface area (Å²) < 4.78 is 6.10. The first-order valence-corrected chi connectivity index (χ1v) is 5.81. The Balaban J connectivity index is 2.30. The Morgan fingerprint density at radius 3 is 2.94 bits per heavy atom. The van der Waals surface area contributed by atoms with E-state index in [-0.39, 0.29) is 6.61 Å². The first kappa shape index (κ1) is 11.4. The van der Waals surface area contributed by atoms with E-state index in [1.54, 1.807) is 0 Å². The van der Waals surface area contributed by atoms with Gasteiger partial charge in [-0.1, -0.05) is 12.1 Å². The van der Waals surface area contributed by atoms with Crippen LogP contribution in [0.5, 0.6) is 0 Å². The van der Waals surface area contributed by atoms with Gasteiger partial charge in [-0.3, -0.25) is 0 Å². The van der Waals surface area contributed by atoms with Gasteiger partial charge in [0.15, 0.2) is 6.04 Å². The number of anilines is 1. The van der Waals surface area contributed by atoms with Crippen LogP contribution < -0.4 is 4.90 Å². The van der Waals surface area contributed by atoms with Crippen LogP contribution in [0.3, 0.4) is 0 Å². The fourth-order valence-electron chi connectivity index (χ4n) is 1.78. The lowest BCUT2D eigenvalue weighted by Gasteiger charge is -2.35. The molecule has 0 bridgehead atoms. The highest BCUT2D eigenvalue weighted by Crippen LogP contribution is 2.28. The number of hydrogen-bond donors (Lipinski definition) is 1. The Labute approximate surface area is 102 Å². The van der Waals surface area contributed by atoms with Crippen LogP contribution in [0.25, 0.3) is 0 Å². The molecule has 1 aromatic carbocycles. The van der Waals surface area contributed by atoms with Crippen molar-refractivity contribution in [3.63, 3.8) is 0 Å². The largest absolute Gasteiger partial charge is 0.480 e. The number of rotatable bonds is 2. The van der Waals surface area contributed by atoms with E-state index in [9.17, 15) is 4.79 Å². The maximum Gasteiger partial charge on any atom is 0.328 e. The summed E-state index contributed by atoms with van der Waals surface area (Å²) in [6.45, 7) is 1.39. The summed E-state index contributed by atoms with van der Waals surface area (Å²) in [6, 6.07) is 7.01. The second-order valence-corrected chi connectivity index (χ2v) is 4.43. The third kappa shape index (κ3) is 2.20. The first-order valence-electron chi connectivity index (χ1n) is 5.02. The SMILES string of the molecule is O=C(O)C1COCCN1c1ccccc1Br. The van der Waals surface area contributed by atoms with Gasteiger partial charge in [0.25, 0.3) is 0 Å². The molecule has 1 aliphatic rings. The van der Waals surface area contributed by atoms with Crippen LogP contribution >= 0.6 is 15.9 Å². The molecule has 86 valence electrons. The monoisotopic (exact) mass is 285 g/mol. The summed E-state index contributed by atoms with van der Waals surface area (Å²) >= 11 is 3.43. The molecule has 1 aromatic rings. The number of benzene rings is 1. The topological polar surface area (TPSA) is 49.8 Å². The Morgan fingerprint density at radius 1 is 1.50 bits per heavy atom. The molecule has 1 saturated heterocycles. The molecular formula is C11H12BrNO3. The van der Waals surface area contributed by atoms with E-state index in [0.29, 0.717) is 13.2 Å². The summed E-state index contributed by atoms with van der Waals surface area (Å²) in [7, 11) is 0. The number of halogens is 1. The summed E-state index contributed by atoms with van der Waals surface area (Å²) in [4.78, 5) is 13.0. The smallest absolute Gasteiger partial charge is 0.328 e. The lowest BCUT2D eigenvalue weighted by Crippen LogP contribution is -2.50. The summed E-state index contributed by atoms with van der Waals surface area (Å²) in [5, 5.41) is 9.12. The summed E-state index contributed by atoms with van der Waals surface area (Å²) in [5.74, 6) is -0.851. The number of hydrogen-bond acceptors (Lipinski definition) is 3. The van der Waals surface area contributed by atoms with Gasteiger partial charge in [-0.05, 0) is 28.1 Å². The van der Waals surface area contributed by atoms with E-state index in [0.717, 1.165) is 10.2 Å². The highest BCUT2D eigenvalue weighted by molar-refractivity contribution is 9.10. The molecule has 2 rings (SSSR count). The standard InChI is InChI=1S/C11H12BrNO3/c12-8-3-1-2-4-9(8)13-5-6-16-7-10(13)11(14)15/h1-4,10H,5-7H2,(H,14,15). The van der Waals surface area contributed by atoms with E-state index >= 15 is 0 Å². The quantitative estimate of drug-likeness (QED) is 0.899. The zero-order chi connectivity index (χ0) is 11.5. The number of aliphatic carboxylic acids is 1. The molecule has 0 spiro atoms. The molecule has 5 heteroatoms. The van der Waals surface area contributed by atoms with Gasteiger partial charge in [0.05, 0.1) is 18.9 Å². The lowest BCUT2D eigenvalue weighted by atomic mass is 10.2. The van der Waals surface area contributed by atoms with Gasteiger partial charge >= 0.3 is 5.97 Å². The van der Waals surface area contributed by atoms with Crippen molar-refractivity contribution in [2.75, 3.05) is 24.7 Å². The third-order valence-corrected chi connectivity index (χ3v) is 3.25. The molecule has 0 radical (unpaired) electrons. The Hall–Kier alpha value is -1.07. The molecule has 16 heavy (non-hydrogen) atoms. The minimum absolute atomic E-state index is 0.233. The van der Waals surface area contributed by atoms with Crippen molar-refractivity contribution >= 4 is 27.6 Å². The van der Waals surface area contributed by atoms with Crippen LogP contribution in [-0.4, -0.2) is 36.9 Å². The minimum atomic E-state index is -0.851. The number of carboxylic acid groups (broad SMARTS) is 1. The zero-order valence-corrected chi connectivity index (χ0v) is 10.2. The van der Waals surface area contributed by atoms with Crippen LogP contribution in [0.4, 0.5) is 5.69 Å². The van der Waals surface area contributed by atoms with Crippen LogP contribution in [0.1, 0.15) is 0 Å².